The van der Waals surface area contributed by atoms with Crippen molar-refractivity contribution < 1.29 is 14.4 Å². The summed E-state index contributed by atoms with van der Waals surface area (Å²) in [6, 6.07) is 16.4. The third-order valence-electron chi connectivity index (χ3n) is 2.91. The molecule has 0 fully saturated rings. The van der Waals surface area contributed by atoms with Crippen LogP contribution >= 0.6 is 0 Å². The van der Waals surface area contributed by atoms with Crippen LogP contribution in [0.2, 0.25) is 0 Å². The molecule has 0 saturated carbocycles. The van der Waals surface area contributed by atoms with Crippen LogP contribution in [0.5, 0.6) is 5.75 Å². The molecule has 0 aliphatic rings. The standard InChI is InChI=1S/C18H17NO3/c1-14(8-9-15-10-12-17(21-2)13-11-15)19-22-18(20)16-6-4-3-5-7-16/h3-13H,1-2H3/b9-8+,19-14-. The SMILES string of the molecule is COc1ccc(/C=C/C(C)=N\OC(=O)c2ccccc2)cc1. The van der Waals surface area contributed by atoms with Crippen LogP contribution in [0.4, 0.5) is 0 Å². The molecule has 0 aliphatic carbocycles. The molecule has 0 radical (unpaired) electrons. The quantitative estimate of drug-likeness (QED) is 0.477. The zero-order chi connectivity index (χ0) is 15.8. The summed E-state index contributed by atoms with van der Waals surface area (Å²) in [6.07, 6.45) is 3.66. The van der Waals surface area contributed by atoms with Crippen molar-refractivity contribution >= 4 is 17.8 Å². The average Bonchev–Trinajstić information content (AvgIpc) is 2.59. The van der Waals surface area contributed by atoms with E-state index in [-0.39, 0.29) is 0 Å². The number of methoxy groups -OCH3 is 1. The van der Waals surface area contributed by atoms with E-state index in [1.165, 1.54) is 0 Å². The van der Waals surface area contributed by atoms with Crippen molar-refractivity contribution in [1.82, 2.24) is 0 Å². The summed E-state index contributed by atoms with van der Waals surface area (Å²) in [7, 11) is 1.63. The molecule has 0 atom stereocenters. The van der Waals surface area contributed by atoms with E-state index in [1.54, 1.807) is 44.4 Å². The van der Waals surface area contributed by atoms with E-state index >= 15 is 0 Å². The number of benzene rings is 2. The Kier molecular flexibility index (Phi) is 5.49. The predicted octanol–water partition coefficient (Wildman–Crippen LogP) is 3.94. The molecule has 0 bridgehead atoms. The van der Waals surface area contributed by atoms with Crippen molar-refractivity contribution in [1.29, 1.82) is 0 Å². The lowest BCUT2D eigenvalue weighted by Gasteiger charge is -1.99. The summed E-state index contributed by atoms with van der Waals surface area (Å²) in [6.45, 7) is 1.76. The molecule has 0 N–H and O–H groups in total. The van der Waals surface area contributed by atoms with E-state index in [4.69, 9.17) is 9.57 Å². The van der Waals surface area contributed by atoms with Gasteiger partial charge in [0.1, 0.15) is 5.75 Å². The van der Waals surface area contributed by atoms with Gasteiger partial charge in [0.05, 0.1) is 18.4 Å². The van der Waals surface area contributed by atoms with Gasteiger partial charge in [-0.1, -0.05) is 41.6 Å². The van der Waals surface area contributed by atoms with Gasteiger partial charge in [-0.3, -0.25) is 0 Å². The summed E-state index contributed by atoms with van der Waals surface area (Å²) < 4.78 is 5.10. The van der Waals surface area contributed by atoms with Gasteiger partial charge < -0.3 is 9.57 Å². The summed E-state index contributed by atoms with van der Waals surface area (Å²) in [5.74, 6) is 0.331. The van der Waals surface area contributed by atoms with Gasteiger partial charge in [-0.15, -0.1) is 0 Å². The van der Waals surface area contributed by atoms with Gasteiger partial charge in [-0.2, -0.15) is 0 Å². The summed E-state index contributed by atoms with van der Waals surface area (Å²) >= 11 is 0. The Morgan fingerprint density at radius 1 is 1.05 bits per heavy atom. The van der Waals surface area contributed by atoms with Crippen molar-refractivity contribution in [2.45, 2.75) is 6.92 Å². The fourth-order valence-corrected chi connectivity index (χ4v) is 1.70. The Balaban J connectivity index is 1.94. The topological polar surface area (TPSA) is 47.9 Å². The molecule has 0 saturated heterocycles. The molecule has 0 unspecified atom stereocenters. The second-order valence-electron chi connectivity index (χ2n) is 4.58. The highest BCUT2D eigenvalue weighted by atomic mass is 16.7. The summed E-state index contributed by atoms with van der Waals surface area (Å²) in [4.78, 5) is 16.6. The molecule has 2 aromatic rings. The van der Waals surface area contributed by atoms with Gasteiger partial charge in [0.2, 0.25) is 0 Å². The van der Waals surface area contributed by atoms with Crippen LogP contribution in [-0.4, -0.2) is 18.8 Å². The first kappa shape index (κ1) is 15.5. The van der Waals surface area contributed by atoms with Gasteiger partial charge in [0, 0.05) is 0 Å². The molecule has 4 nitrogen and oxygen atoms in total. The van der Waals surface area contributed by atoms with Crippen molar-refractivity contribution in [2.75, 3.05) is 7.11 Å². The maximum absolute atomic E-state index is 11.7. The second-order valence-corrected chi connectivity index (χ2v) is 4.58. The Bertz CT molecular complexity index is 673. The lowest BCUT2D eigenvalue weighted by Crippen LogP contribution is -2.01. The zero-order valence-electron chi connectivity index (χ0n) is 12.5. The number of hydrogen-bond donors (Lipinski definition) is 0. The minimum absolute atomic E-state index is 0.471. The van der Waals surface area contributed by atoms with Crippen LogP contribution < -0.4 is 4.74 Å². The Morgan fingerprint density at radius 2 is 1.73 bits per heavy atom. The first-order valence-corrected chi connectivity index (χ1v) is 6.82. The minimum Gasteiger partial charge on any atom is -0.497 e. The lowest BCUT2D eigenvalue weighted by molar-refractivity contribution is 0.0516. The van der Waals surface area contributed by atoms with Gasteiger partial charge in [-0.05, 0) is 42.8 Å². The van der Waals surface area contributed by atoms with E-state index in [9.17, 15) is 4.79 Å². The van der Waals surface area contributed by atoms with Crippen LogP contribution in [0, 0.1) is 0 Å². The number of ether oxygens (including phenoxy) is 1. The third-order valence-corrected chi connectivity index (χ3v) is 2.91. The molecule has 2 rings (SSSR count). The molecule has 0 amide bonds. The van der Waals surface area contributed by atoms with Gasteiger partial charge in [-0.25, -0.2) is 4.79 Å². The van der Waals surface area contributed by atoms with Gasteiger partial charge in [0.15, 0.2) is 0 Å². The van der Waals surface area contributed by atoms with Crippen molar-refractivity contribution in [3.05, 3.63) is 71.8 Å². The van der Waals surface area contributed by atoms with Crippen LogP contribution in [-0.2, 0) is 4.84 Å². The van der Waals surface area contributed by atoms with E-state index in [0.717, 1.165) is 11.3 Å². The minimum atomic E-state index is -0.474. The van der Waals surface area contributed by atoms with Crippen LogP contribution in [0.25, 0.3) is 6.08 Å². The second kappa shape index (κ2) is 7.78. The molecular weight excluding hydrogens is 278 g/mol. The molecule has 0 aliphatic heterocycles. The van der Waals surface area contributed by atoms with E-state index in [0.29, 0.717) is 11.3 Å². The fraction of sp³-hybridized carbons (Fsp3) is 0.111. The molecule has 0 aromatic heterocycles. The first-order valence-electron chi connectivity index (χ1n) is 6.82. The van der Waals surface area contributed by atoms with Crippen LogP contribution in [0.3, 0.4) is 0 Å². The largest absolute Gasteiger partial charge is 0.497 e. The van der Waals surface area contributed by atoms with Crippen LogP contribution in [0.15, 0.2) is 65.8 Å². The number of hydrogen-bond acceptors (Lipinski definition) is 4. The highest BCUT2D eigenvalue weighted by molar-refractivity contribution is 5.97. The molecule has 22 heavy (non-hydrogen) atoms. The maximum Gasteiger partial charge on any atom is 0.365 e. The fourth-order valence-electron chi connectivity index (χ4n) is 1.70. The van der Waals surface area contributed by atoms with E-state index in [1.807, 2.05) is 36.4 Å². The van der Waals surface area contributed by atoms with Crippen molar-refractivity contribution in [2.24, 2.45) is 5.16 Å². The molecule has 4 heteroatoms. The van der Waals surface area contributed by atoms with Gasteiger partial charge in [0.25, 0.3) is 0 Å². The molecule has 0 spiro atoms. The summed E-state index contributed by atoms with van der Waals surface area (Å²) in [5.41, 5.74) is 2.07. The maximum atomic E-state index is 11.7. The molecule has 112 valence electrons. The Hall–Kier alpha value is -2.88. The first-order chi connectivity index (χ1) is 10.7. The highest BCUT2D eigenvalue weighted by Gasteiger charge is 2.05. The van der Waals surface area contributed by atoms with E-state index in [2.05, 4.69) is 5.16 Å². The summed E-state index contributed by atoms with van der Waals surface area (Å²) in [5, 5.41) is 3.80. The van der Waals surface area contributed by atoms with Crippen molar-refractivity contribution in [3.8, 4) is 5.75 Å². The number of oxime groups is 1. The number of rotatable bonds is 5. The van der Waals surface area contributed by atoms with Gasteiger partial charge >= 0.3 is 5.97 Å². The van der Waals surface area contributed by atoms with Crippen molar-refractivity contribution in [3.63, 3.8) is 0 Å². The van der Waals surface area contributed by atoms with E-state index < -0.39 is 5.97 Å². The van der Waals surface area contributed by atoms with Crippen LogP contribution in [0.1, 0.15) is 22.8 Å². The highest BCUT2D eigenvalue weighted by Crippen LogP contribution is 2.12. The number of nitrogens with zero attached hydrogens (tertiary/aromatic N) is 1. The third kappa shape index (κ3) is 4.59. The molecule has 0 heterocycles. The number of carbonyl (C=O) groups excluding carboxylic acids is 1. The molecular formula is C18H17NO3. The average molecular weight is 295 g/mol. The number of carbonyl (C=O) groups is 1. The normalized spacial score (nSPS) is 11.5. The molecule has 2 aromatic carbocycles. The number of allylic oxidation sites excluding steroid dienone is 1. The Morgan fingerprint density at radius 3 is 2.36 bits per heavy atom. The smallest absolute Gasteiger partial charge is 0.365 e. The lowest BCUT2D eigenvalue weighted by atomic mass is 10.2. The zero-order valence-corrected chi connectivity index (χ0v) is 12.5. The predicted molar refractivity (Wildman–Crippen MR) is 87.0 cm³/mol. The monoisotopic (exact) mass is 295 g/mol. The Labute approximate surface area is 129 Å².